The van der Waals surface area contributed by atoms with Crippen LogP contribution >= 0.6 is 11.3 Å². The molecule has 2 heterocycles. The lowest BCUT2D eigenvalue weighted by Crippen LogP contribution is -2.21. The zero-order valence-electron chi connectivity index (χ0n) is 14.9. The van der Waals surface area contributed by atoms with Crippen LogP contribution in [-0.2, 0) is 11.2 Å². The Hall–Kier alpha value is -3.26. The third kappa shape index (κ3) is 4.01. The Labute approximate surface area is 164 Å². The number of fused-ring (bicyclic) bond motifs is 1. The number of carbonyl (C=O) groups is 1. The first-order chi connectivity index (χ1) is 13.6. The van der Waals surface area contributed by atoms with Crippen molar-refractivity contribution in [2.45, 2.75) is 13.3 Å². The lowest BCUT2D eigenvalue weighted by molar-refractivity contribution is -0.120. The second-order valence-electron chi connectivity index (χ2n) is 6.13. The fourth-order valence-corrected chi connectivity index (χ4v) is 3.48. The highest BCUT2D eigenvalue weighted by molar-refractivity contribution is 7.13. The van der Waals surface area contributed by atoms with Gasteiger partial charge >= 0.3 is 0 Å². The van der Waals surface area contributed by atoms with Gasteiger partial charge in [0.25, 0.3) is 0 Å². The van der Waals surface area contributed by atoms with Gasteiger partial charge in [0.2, 0.25) is 12.7 Å². The molecule has 0 aliphatic carbocycles. The zero-order chi connectivity index (χ0) is 19.5. The summed E-state index contributed by atoms with van der Waals surface area (Å²) in [5.74, 6) is 0.793. The van der Waals surface area contributed by atoms with E-state index in [1.54, 1.807) is 19.1 Å². The molecule has 6 nitrogen and oxygen atoms in total. The van der Waals surface area contributed by atoms with E-state index in [0.29, 0.717) is 22.9 Å². The van der Waals surface area contributed by atoms with Gasteiger partial charge in [0, 0.05) is 16.5 Å². The van der Waals surface area contributed by atoms with Gasteiger partial charge in [-0.3, -0.25) is 4.79 Å². The van der Waals surface area contributed by atoms with Crippen LogP contribution in [0.2, 0.25) is 0 Å². The molecule has 0 saturated heterocycles. The summed E-state index contributed by atoms with van der Waals surface area (Å²) in [6.07, 6.45) is 0.107. The van der Waals surface area contributed by atoms with Gasteiger partial charge in [-0.1, -0.05) is 0 Å². The average molecular weight is 397 g/mol. The van der Waals surface area contributed by atoms with Gasteiger partial charge in [0.05, 0.1) is 17.8 Å². The first-order valence-electron chi connectivity index (χ1n) is 8.52. The minimum Gasteiger partial charge on any atom is -0.454 e. The molecular weight excluding hydrogens is 381 g/mol. The smallest absolute Gasteiger partial charge is 0.246 e. The molecule has 1 aliphatic rings. The van der Waals surface area contributed by atoms with Gasteiger partial charge in [-0.05, 0) is 49.4 Å². The number of amides is 1. The summed E-state index contributed by atoms with van der Waals surface area (Å²) in [6, 6.07) is 11.6. The number of hydrazone groups is 1. The summed E-state index contributed by atoms with van der Waals surface area (Å²) < 4.78 is 23.6. The maximum Gasteiger partial charge on any atom is 0.246 e. The Morgan fingerprint density at radius 3 is 2.82 bits per heavy atom. The fourth-order valence-electron chi connectivity index (χ4n) is 2.65. The summed E-state index contributed by atoms with van der Waals surface area (Å²) in [7, 11) is 0. The predicted molar refractivity (Wildman–Crippen MR) is 104 cm³/mol. The van der Waals surface area contributed by atoms with E-state index < -0.39 is 0 Å². The number of nitrogens with zero attached hydrogens (tertiary/aromatic N) is 2. The number of rotatable bonds is 5. The molecular formula is C20H16FN3O3S. The van der Waals surface area contributed by atoms with Gasteiger partial charge in [-0.15, -0.1) is 11.3 Å². The molecule has 2 aromatic carbocycles. The molecule has 0 fully saturated rings. The number of ether oxygens (including phenoxy) is 2. The van der Waals surface area contributed by atoms with Crippen molar-refractivity contribution >= 4 is 23.0 Å². The van der Waals surface area contributed by atoms with Crippen molar-refractivity contribution < 1.29 is 18.7 Å². The molecule has 1 aliphatic heterocycles. The quantitative estimate of drug-likeness (QED) is 0.526. The van der Waals surface area contributed by atoms with E-state index in [1.807, 2.05) is 23.6 Å². The summed E-state index contributed by atoms with van der Waals surface area (Å²) in [6.45, 7) is 2.01. The molecule has 0 unspecified atom stereocenters. The normalized spacial score (nSPS) is 12.9. The molecule has 0 saturated carbocycles. The average Bonchev–Trinajstić information content (AvgIpc) is 3.35. The third-order valence-corrected chi connectivity index (χ3v) is 5.06. The number of thiazole rings is 1. The molecule has 0 spiro atoms. The first kappa shape index (κ1) is 18.1. The maximum atomic E-state index is 13.0. The molecule has 1 N–H and O–H groups in total. The van der Waals surface area contributed by atoms with Gasteiger partial charge < -0.3 is 9.47 Å². The Balaban J connectivity index is 1.38. The second kappa shape index (κ2) is 7.77. The SMILES string of the molecule is C/C(=N/NC(=O)Cc1csc(-c2ccc(F)cc2)n1)c1ccc2c(c1)OCO2. The minimum atomic E-state index is -0.296. The van der Waals surface area contributed by atoms with Crippen molar-refractivity contribution in [3.63, 3.8) is 0 Å². The Morgan fingerprint density at radius 1 is 1.21 bits per heavy atom. The highest BCUT2D eigenvalue weighted by atomic mass is 32.1. The monoisotopic (exact) mass is 397 g/mol. The first-order valence-corrected chi connectivity index (χ1v) is 9.40. The van der Waals surface area contributed by atoms with E-state index in [9.17, 15) is 9.18 Å². The molecule has 0 atom stereocenters. The number of aromatic nitrogens is 1. The third-order valence-electron chi connectivity index (χ3n) is 4.12. The van der Waals surface area contributed by atoms with E-state index in [4.69, 9.17) is 9.47 Å². The van der Waals surface area contributed by atoms with Crippen LogP contribution in [0, 0.1) is 5.82 Å². The molecule has 142 valence electrons. The zero-order valence-corrected chi connectivity index (χ0v) is 15.8. The number of hydrogen-bond acceptors (Lipinski definition) is 6. The highest BCUT2D eigenvalue weighted by Crippen LogP contribution is 2.32. The van der Waals surface area contributed by atoms with Crippen molar-refractivity contribution in [2.75, 3.05) is 6.79 Å². The summed E-state index contributed by atoms with van der Waals surface area (Å²) >= 11 is 1.41. The van der Waals surface area contributed by atoms with Crippen molar-refractivity contribution in [3.8, 4) is 22.1 Å². The number of benzene rings is 2. The Bertz CT molecular complexity index is 1050. The lowest BCUT2D eigenvalue weighted by atomic mass is 10.1. The number of halogens is 1. The number of carbonyl (C=O) groups excluding carboxylic acids is 1. The molecule has 4 rings (SSSR count). The number of nitrogens with one attached hydrogen (secondary N) is 1. The van der Waals surface area contributed by atoms with Crippen LogP contribution in [0.3, 0.4) is 0 Å². The molecule has 8 heteroatoms. The molecule has 0 bridgehead atoms. The van der Waals surface area contributed by atoms with Crippen LogP contribution in [0.15, 0.2) is 52.9 Å². The van der Waals surface area contributed by atoms with Gasteiger partial charge in [0.15, 0.2) is 11.5 Å². The van der Waals surface area contributed by atoms with E-state index in [1.165, 1.54) is 23.5 Å². The van der Waals surface area contributed by atoms with Gasteiger partial charge in [-0.25, -0.2) is 14.8 Å². The largest absolute Gasteiger partial charge is 0.454 e. The summed E-state index contributed by atoms with van der Waals surface area (Å²) in [5, 5.41) is 6.70. The van der Waals surface area contributed by atoms with Gasteiger partial charge in [0.1, 0.15) is 10.8 Å². The second-order valence-corrected chi connectivity index (χ2v) is 6.99. The van der Waals surface area contributed by atoms with Crippen LogP contribution in [0.1, 0.15) is 18.2 Å². The van der Waals surface area contributed by atoms with Crippen LogP contribution in [0.4, 0.5) is 4.39 Å². The topological polar surface area (TPSA) is 72.8 Å². The summed E-state index contributed by atoms with van der Waals surface area (Å²) in [4.78, 5) is 16.6. The molecule has 0 radical (unpaired) electrons. The van der Waals surface area contributed by atoms with Crippen LogP contribution in [0.25, 0.3) is 10.6 Å². The lowest BCUT2D eigenvalue weighted by Gasteiger charge is -2.03. The van der Waals surface area contributed by atoms with Crippen molar-refractivity contribution in [1.82, 2.24) is 10.4 Å². The Kier molecular flexibility index (Phi) is 5.03. The van der Waals surface area contributed by atoms with Crippen molar-refractivity contribution in [1.29, 1.82) is 0 Å². The molecule has 28 heavy (non-hydrogen) atoms. The van der Waals surface area contributed by atoms with E-state index in [0.717, 1.165) is 16.1 Å². The van der Waals surface area contributed by atoms with E-state index in [2.05, 4.69) is 15.5 Å². The Morgan fingerprint density at radius 2 is 2.00 bits per heavy atom. The highest BCUT2D eigenvalue weighted by Gasteiger charge is 2.14. The number of hydrogen-bond donors (Lipinski definition) is 1. The van der Waals surface area contributed by atoms with Gasteiger partial charge in [-0.2, -0.15) is 5.10 Å². The fraction of sp³-hybridized carbons (Fsp3) is 0.150. The van der Waals surface area contributed by atoms with Crippen molar-refractivity contribution in [3.05, 3.63) is 64.9 Å². The van der Waals surface area contributed by atoms with Crippen LogP contribution in [0.5, 0.6) is 11.5 Å². The van der Waals surface area contributed by atoms with Crippen molar-refractivity contribution in [2.24, 2.45) is 5.10 Å². The predicted octanol–water partition coefficient (Wildman–Crippen LogP) is 3.76. The van der Waals surface area contributed by atoms with E-state index >= 15 is 0 Å². The molecule has 1 amide bonds. The molecule has 3 aromatic rings. The summed E-state index contributed by atoms with van der Waals surface area (Å²) in [5.41, 5.74) is 5.48. The van der Waals surface area contributed by atoms with Crippen LogP contribution in [-0.4, -0.2) is 23.4 Å². The molecule has 1 aromatic heterocycles. The van der Waals surface area contributed by atoms with Crippen LogP contribution < -0.4 is 14.9 Å². The van der Waals surface area contributed by atoms with E-state index in [-0.39, 0.29) is 24.9 Å². The standard InChI is InChI=1S/C20H16FN3O3S/c1-12(14-4-7-17-18(8-14)27-11-26-17)23-24-19(25)9-16-10-28-20(22-16)13-2-5-15(21)6-3-13/h2-8,10H,9,11H2,1H3,(H,24,25)/b23-12-. The maximum absolute atomic E-state index is 13.0. The minimum absolute atomic E-state index is 0.107.